The fourth-order valence-electron chi connectivity index (χ4n) is 2.67. The summed E-state index contributed by atoms with van der Waals surface area (Å²) in [5, 5.41) is 4.18. The second-order valence-corrected chi connectivity index (χ2v) is 6.48. The molecule has 0 aliphatic rings. The Kier molecular flexibility index (Phi) is 5.36. The molecule has 0 atom stereocenters. The van der Waals surface area contributed by atoms with Crippen molar-refractivity contribution in [2.24, 2.45) is 0 Å². The molecule has 1 N–H and O–H groups in total. The van der Waals surface area contributed by atoms with Crippen molar-refractivity contribution in [3.63, 3.8) is 0 Å². The molecule has 1 aromatic carbocycles. The van der Waals surface area contributed by atoms with Crippen LogP contribution in [0.25, 0.3) is 10.9 Å². The molecule has 2 heterocycles. The molecule has 1 amide bonds. The van der Waals surface area contributed by atoms with E-state index in [0.29, 0.717) is 17.4 Å². The van der Waals surface area contributed by atoms with Crippen molar-refractivity contribution in [3.8, 4) is 0 Å². The van der Waals surface area contributed by atoms with Crippen LogP contribution < -0.4 is 5.32 Å². The molecule has 5 nitrogen and oxygen atoms in total. The Morgan fingerprint density at radius 1 is 1.32 bits per heavy atom. The predicted molar refractivity (Wildman–Crippen MR) is 99.9 cm³/mol. The highest BCUT2D eigenvalue weighted by Crippen LogP contribution is 2.29. The van der Waals surface area contributed by atoms with Crippen LogP contribution >= 0.6 is 11.6 Å². The number of benzene rings is 1. The molecule has 3 rings (SSSR count). The van der Waals surface area contributed by atoms with Crippen molar-refractivity contribution in [1.29, 1.82) is 0 Å². The number of carbonyl (C=O) groups is 1. The molecular weight excluding hydrogens is 338 g/mol. The summed E-state index contributed by atoms with van der Waals surface area (Å²) in [5.74, 6) is -0.200. The lowest BCUT2D eigenvalue weighted by Gasteiger charge is -2.08. The van der Waals surface area contributed by atoms with Gasteiger partial charge in [-0.25, -0.2) is 4.98 Å². The Bertz CT molecular complexity index is 875. The third-order valence-electron chi connectivity index (χ3n) is 3.86. The SMILES string of the molecule is CC(C)n1cc(NC(=O)COCc2ccccc2)c2cnc(Cl)cc21. The number of carbonyl (C=O) groups excluding carboxylic acids is 1. The summed E-state index contributed by atoms with van der Waals surface area (Å²) in [6.07, 6.45) is 3.58. The van der Waals surface area contributed by atoms with Crippen molar-refractivity contribution in [2.75, 3.05) is 11.9 Å². The Hall–Kier alpha value is -2.37. The number of anilines is 1. The van der Waals surface area contributed by atoms with Gasteiger partial charge in [0.05, 0.1) is 17.8 Å². The largest absolute Gasteiger partial charge is 0.367 e. The number of pyridine rings is 1. The number of rotatable bonds is 6. The highest BCUT2D eigenvalue weighted by molar-refractivity contribution is 6.30. The molecule has 0 unspecified atom stereocenters. The van der Waals surface area contributed by atoms with Gasteiger partial charge in [-0.05, 0) is 25.5 Å². The maximum absolute atomic E-state index is 12.2. The summed E-state index contributed by atoms with van der Waals surface area (Å²) in [7, 11) is 0. The quantitative estimate of drug-likeness (QED) is 0.664. The summed E-state index contributed by atoms with van der Waals surface area (Å²) in [6, 6.07) is 11.8. The number of hydrogen-bond donors (Lipinski definition) is 1. The summed E-state index contributed by atoms with van der Waals surface area (Å²) < 4.78 is 7.54. The van der Waals surface area contributed by atoms with Gasteiger partial charge in [-0.1, -0.05) is 41.9 Å². The van der Waals surface area contributed by atoms with E-state index >= 15 is 0 Å². The van der Waals surface area contributed by atoms with Crippen molar-refractivity contribution in [3.05, 3.63) is 59.5 Å². The van der Waals surface area contributed by atoms with Crippen LogP contribution in [0.1, 0.15) is 25.5 Å². The van der Waals surface area contributed by atoms with Gasteiger partial charge in [0.1, 0.15) is 11.8 Å². The van der Waals surface area contributed by atoms with Crippen LogP contribution in [0.15, 0.2) is 48.8 Å². The molecule has 0 bridgehead atoms. The smallest absolute Gasteiger partial charge is 0.250 e. The molecule has 2 aromatic heterocycles. The number of amides is 1. The Labute approximate surface area is 151 Å². The number of fused-ring (bicyclic) bond motifs is 1. The minimum atomic E-state index is -0.200. The molecule has 0 fully saturated rings. The van der Waals surface area contributed by atoms with Crippen LogP contribution in [0.5, 0.6) is 0 Å². The van der Waals surface area contributed by atoms with Crippen LogP contribution in [-0.2, 0) is 16.1 Å². The number of aromatic nitrogens is 2. The maximum atomic E-state index is 12.2. The van der Waals surface area contributed by atoms with Crippen LogP contribution in [-0.4, -0.2) is 22.1 Å². The first kappa shape index (κ1) is 17.5. The van der Waals surface area contributed by atoms with Gasteiger partial charge in [0.2, 0.25) is 5.91 Å². The van der Waals surface area contributed by atoms with Crippen LogP contribution in [0.4, 0.5) is 5.69 Å². The highest BCUT2D eigenvalue weighted by Gasteiger charge is 2.14. The predicted octanol–water partition coefficient (Wildman–Crippen LogP) is 4.43. The van der Waals surface area contributed by atoms with Gasteiger partial charge in [-0.15, -0.1) is 0 Å². The topological polar surface area (TPSA) is 56.2 Å². The third-order valence-corrected chi connectivity index (χ3v) is 4.07. The van der Waals surface area contributed by atoms with E-state index in [2.05, 4.69) is 28.7 Å². The zero-order valence-electron chi connectivity index (χ0n) is 14.2. The second kappa shape index (κ2) is 7.68. The molecule has 0 spiro atoms. The average Bonchev–Trinajstić information content (AvgIpc) is 2.93. The fourth-order valence-corrected chi connectivity index (χ4v) is 2.82. The molecule has 25 heavy (non-hydrogen) atoms. The molecule has 0 aliphatic heterocycles. The van der Waals surface area contributed by atoms with Crippen molar-refractivity contribution in [1.82, 2.24) is 9.55 Å². The van der Waals surface area contributed by atoms with E-state index in [9.17, 15) is 4.79 Å². The van der Waals surface area contributed by atoms with Crippen LogP contribution in [0, 0.1) is 0 Å². The molecule has 0 saturated carbocycles. The Morgan fingerprint density at radius 2 is 2.08 bits per heavy atom. The average molecular weight is 358 g/mol. The van der Waals surface area contributed by atoms with Crippen molar-refractivity contribution < 1.29 is 9.53 Å². The lowest BCUT2D eigenvalue weighted by Crippen LogP contribution is -2.18. The van der Waals surface area contributed by atoms with E-state index < -0.39 is 0 Å². The normalized spacial score (nSPS) is 11.2. The second-order valence-electron chi connectivity index (χ2n) is 6.09. The molecule has 6 heteroatoms. The summed E-state index contributed by atoms with van der Waals surface area (Å²) in [5.41, 5.74) is 2.68. The zero-order valence-corrected chi connectivity index (χ0v) is 15.0. The van der Waals surface area contributed by atoms with Crippen molar-refractivity contribution in [2.45, 2.75) is 26.5 Å². The molecule has 130 valence electrons. The number of halogens is 1. The standard InChI is InChI=1S/C19H20ClN3O2/c1-13(2)23-10-16(15-9-21-18(20)8-17(15)23)22-19(24)12-25-11-14-6-4-3-5-7-14/h3-10,13H,11-12H2,1-2H3,(H,22,24). The number of ether oxygens (including phenoxy) is 1. The first-order valence-corrected chi connectivity index (χ1v) is 8.50. The zero-order chi connectivity index (χ0) is 17.8. The third kappa shape index (κ3) is 4.18. The van der Waals surface area contributed by atoms with Crippen molar-refractivity contribution >= 4 is 34.1 Å². The molecular formula is C19H20ClN3O2. The highest BCUT2D eigenvalue weighted by atomic mass is 35.5. The Balaban J connectivity index is 1.69. The number of hydrogen-bond acceptors (Lipinski definition) is 3. The van der Waals surface area contributed by atoms with Gasteiger partial charge in [0.15, 0.2) is 0 Å². The van der Waals surface area contributed by atoms with E-state index in [1.54, 1.807) is 12.3 Å². The maximum Gasteiger partial charge on any atom is 0.250 e. The Morgan fingerprint density at radius 3 is 2.80 bits per heavy atom. The lowest BCUT2D eigenvalue weighted by molar-refractivity contribution is -0.121. The minimum Gasteiger partial charge on any atom is -0.367 e. The minimum absolute atomic E-state index is 0.00966. The lowest BCUT2D eigenvalue weighted by atomic mass is 10.2. The first-order chi connectivity index (χ1) is 12.0. The van der Waals surface area contributed by atoms with E-state index in [1.165, 1.54) is 0 Å². The van der Waals surface area contributed by atoms with E-state index in [4.69, 9.17) is 16.3 Å². The van der Waals surface area contributed by atoms with E-state index in [-0.39, 0.29) is 18.6 Å². The van der Waals surface area contributed by atoms with Crippen LogP contribution in [0.3, 0.4) is 0 Å². The van der Waals surface area contributed by atoms with Gasteiger partial charge in [0.25, 0.3) is 0 Å². The molecule has 0 radical (unpaired) electrons. The van der Waals surface area contributed by atoms with Gasteiger partial charge < -0.3 is 14.6 Å². The van der Waals surface area contributed by atoms with Crippen LogP contribution in [0.2, 0.25) is 5.15 Å². The summed E-state index contributed by atoms with van der Waals surface area (Å²) >= 11 is 6.01. The molecule has 3 aromatic rings. The summed E-state index contributed by atoms with van der Waals surface area (Å²) in [4.78, 5) is 16.3. The first-order valence-electron chi connectivity index (χ1n) is 8.12. The van der Waals surface area contributed by atoms with Gasteiger partial charge >= 0.3 is 0 Å². The fraction of sp³-hybridized carbons (Fsp3) is 0.263. The van der Waals surface area contributed by atoms with Gasteiger partial charge in [-0.3, -0.25) is 4.79 Å². The van der Waals surface area contributed by atoms with Gasteiger partial charge in [-0.2, -0.15) is 0 Å². The number of nitrogens with zero attached hydrogens (tertiary/aromatic N) is 2. The monoisotopic (exact) mass is 357 g/mol. The van der Waals surface area contributed by atoms with E-state index in [0.717, 1.165) is 16.5 Å². The number of nitrogens with one attached hydrogen (secondary N) is 1. The van der Waals surface area contributed by atoms with Gasteiger partial charge in [0, 0.05) is 23.8 Å². The molecule has 0 saturated heterocycles. The summed E-state index contributed by atoms with van der Waals surface area (Å²) in [6.45, 7) is 4.54. The molecule has 0 aliphatic carbocycles. The van der Waals surface area contributed by atoms with E-state index in [1.807, 2.05) is 36.5 Å².